The number of hydrogen-bond acceptors (Lipinski definition) is 9. The summed E-state index contributed by atoms with van der Waals surface area (Å²) in [6, 6.07) is 3.91. The minimum absolute atomic E-state index is 0.0771. The van der Waals surface area contributed by atoms with Crippen LogP contribution in [0.25, 0.3) is 16.6 Å². The molecule has 2 atom stereocenters. The van der Waals surface area contributed by atoms with Gasteiger partial charge in [-0.2, -0.15) is 10.1 Å². The van der Waals surface area contributed by atoms with Crippen LogP contribution >= 0.6 is 0 Å². The summed E-state index contributed by atoms with van der Waals surface area (Å²) < 4.78 is 69.0. The second kappa shape index (κ2) is 9.90. The van der Waals surface area contributed by atoms with Crippen LogP contribution in [0.4, 0.5) is 34.9 Å². The van der Waals surface area contributed by atoms with E-state index >= 15 is 4.39 Å². The topological polar surface area (TPSA) is 112 Å². The van der Waals surface area contributed by atoms with Crippen molar-refractivity contribution in [3.63, 3.8) is 0 Å². The molecule has 0 unspecified atom stereocenters. The van der Waals surface area contributed by atoms with E-state index in [1.54, 1.807) is 12.1 Å². The van der Waals surface area contributed by atoms with Gasteiger partial charge in [-0.05, 0) is 24.1 Å². The zero-order valence-corrected chi connectivity index (χ0v) is 21.1. The molecule has 1 saturated carbocycles. The molecule has 14 heteroatoms. The third kappa shape index (κ3) is 4.86. The summed E-state index contributed by atoms with van der Waals surface area (Å²) >= 11 is 0. The zero-order chi connectivity index (χ0) is 27.3. The number of fused-ring (bicyclic) bond motifs is 1. The molecular formula is C25H28F4N8O2. The minimum Gasteiger partial charge on any atom is -0.479 e. The maximum atomic E-state index is 15.4. The first kappa shape index (κ1) is 25.7. The molecule has 1 aromatic carbocycles. The van der Waals surface area contributed by atoms with Gasteiger partial charge >= 0.3 is 0 Å². The highest BCUT2D eigenvalue weighted by Gasteiger charge is 2.45. The van der Waals surface area contributed by atoms with Crippen molar-refractivity contribution in [3.8, 4) is 17.0 Å². The SMILES string of the molecule is COc1nc(N[C@@H]2CCN(C3COC3)C[C@@H]2F)nn2cc(F)c(-c3ccc(N=N)c(NC4CC(F)(F)C4)c3)c12. The van der Waals surface area contributed by atoms with Crippen LogP contribution in [-0.2, 0) is 4.74 Å². The highest BCUT2D eigenvalue weighted by atomic mass is 19.3. The number of ether oxygens (including phenoxy) is 2. The molecule has 3 fully saturated rings. The second-order valence-electron chi connectivity index (χ2n) is 10.3. The van der Waals surface area contributed by atoms with Crippen LogP contribution in [0.1, 0.15) is 19.3 Å². The van der Waals surface area contributed by atoms with E-state index in [-0.39, 0.29) is 54.0 Å². The van der Waals surface area contributed by atoms with Crippen LogP contribution in [0.2, 0.25) is 0 Å². The van der Waals surface area contributed by atoms with Crippen LogP contribution in [0.3, 0.4) is 0 Å². The summed E-state index contributed by atoms with van der Waals surface area (Å²) in [6.07, 6.45) is -0.0894. The Morgan fingerprint density at radius 1 is 1.23 bits per heavy atom. The van der Waals surface area contributed by atoms with Crippen LogP contribution in [0.15, 0.2) is 29.5 Å². The van der Waals surface area contributed by atoms with Crippen LogP contribution < -0.4 is 15.4 Å². The summed E-state index contributed by atoms with van der Waals surface area (Å²) in [5.74, 6) is -3.16. The molecule has 0 amide bonds. The molecule has 4 heterocycles. The lowest BCUT2D eigenvalue weighted by Crippen LogP contribution is -2.57. The number of nitrogens with zero attached hydrogens (tertiary/aromatic N) is 5. The van der Waals surface area contributed by atoms with Crippen LogP contribution in [0, 0.1) is 11.3 Å². The van der Waals surface area contributed by atoms with Gasteiger partial charge < -0.3 is 20.1 Å². The van der Waals surface area contributed by atoms with Crippen molar-refractivity contribution in [1.82, 2.24) is 19.5 Å². The summed E-state index contributed by atoms with van der Waals surface area (Å²) in [7, 11) is 1.39. The molecule has 39 heavy (non-hydrogen) atoms. The smallest absolute Gasteiger partial charge is 0.252 e. The lowest BCUT2D eigenvalue weighted by molar-refractivity contribution is -0.0795. The summed E-state index contributed by atoms with van der Waals surface area (Å²) in [4.78, 5) is 6.48. The van der Waals surface area contributed by atoms with E-state index in [1.165, 1.54) is 23.9 Å². The van der Waals surface area contributed by atoms with Gasteiger partial charge in [-0.15, -0.1) is 5.10 Å². The van der Waals surface area contributed by atoms with E-state index in [9.17, 15) is 13.2 Å². The molecular weight excluding hydrogens is 520 g/mol. The number of piperidine rings is 1. The fourth-order valence-electron chi connectivity index (χ4n) is 5.41. The average molecular weight is 549 g/mol. The Balaban J connectivity index is 1.27. The first-order valence-corrected chi connectivity index (χ1v) is 12.8. The molecule has 3 N–H and O–H groups in total. The molecule has 6 rings (SSSR count). The van der Waals surface area contributed by atoms with Crippen molar-refractivity contribution in [1.29, 1.82) is 5.53 Å². The van der Waals surface area contributed by atoms with E-state index in [0.717, 1.165) is 0 Å². The van der Waals surface area contributed by atoms with Crippen LogP contribution in [-0.4, -0.2) is 83.1 Å². The summed E-state index contributed by atoms with van der Waals surface area (Å²) in [5, 5.41) is 13.9. The molecule has 10 nitrogen and oxygen atoms in total. The molecule has 3 aromatic rings. The number of benzene rings is 1. The maximum Gasteiger partial charge on any atom is 0.252 e. The minimum atomic E-state index is -2.72. The van der Waals surface area contributed by atoms with E-state index < -0.39 is 30.0 Å². The van der Waals surface area contributed by atoms with Gasteiger partial charge in [0.1, 0.15) is 17.4 Å². The maximum absolute atomic E-state index is 15.4. The highest BCUT2D eigenvalue weighted by Crippen LogP contribution is 2.42. The Kier molecular flexibility index (Phi) is 6.53. The van der Waals surface area contributed by atoms with Gasteiger partial charge in [0, 0.05) is 32.0 Å². The van der Waals surface area contributed by atoms with Gasteiger partial charge in [0.2, 0.25) is 11.8 Å². The summed E-state index contributed by atoms with van der Waals surface area (Å²) in [6.45, 7) is 2.24. The van der Waals surface area contributed by atoms with Gasteiger partial charge in [0.05, 0.1) is 49.9 Å². The van der Waals surface area contributed by atoms with Crippen molar-refractivity contribution in [3.05, 3.63) is 30.2 Å². The van der Waals surface area contributed by atoms with E-state index in [2.05, 4.69) is 30.7 Å². The molecule has 2 aromatic heterocycles. The predicted octanol–water partition coefficient (Wildman–Crippen LogP) is 4.64. The van der Waals surface area contributed by atoms with Gasteiger partial charge in [-0.25, -0.2) is 27.6 Å². The third-order valence-corrected chi connectivity index (χ3v) is 7.63. The zero-order valence-electron chi connectivity index (χ0n) is 21.1. The lowest BCUT2D eigenvalue weighted by Gasteiger charge is -2.42. The Labute approximate surface area is 221 Å². The van der Waals surface area contributed by atoms with Gasteiger partial charge in [-0.3, -0.25) is 4.90 Å². The molecule has 2 aliphatic heterocycles. The molecule has 208 valence electrons. The molecule has 0 bridgehead atoms. The Bertz CT molecular complexity index is 1390. The highest BCUT2D eigenvalue weighted by molar-refractivity contribution is 5.88. The predicted molar refractivity (Wildman–Crippen MR) is 134 cm³/mol. The number of hydrogen-bond donors (Lipinski definition) is 3. The molecule has 0 spiro atoms. The largest absolute Gasteiger partial charge is 0.479 e. The number of nitrogens with one attached hydrogen (secondary N) is 3. The number of aromatic nitrogens is 3. The first-order valence-electron chi connectivity index (χ1n) is 12.8. The number of halogens is 4. The standard InChI is InChI=1S/C25H28F4N8O2/c1-38-23-22-21(13-2-3-19(34-30)20(6-13)31-14-7-25(28,29)8-14)17(27)10-37(22)35-24(33-23)32-18-4-5-36(9-16(18)26)15-11-39-12-15/h2-3,6,10,14-16,18,30-31H,4-5,7-9,11-12H2,1H3,(H,32,35)/t16-,18+/m0/s1. The van der Waals surface area contributed by atoms with Crippen molar-refractivity contribution < 1.29 is 27.0 Å². The van der Waals surface area contributed by atoms with Crippen molar-refractivity contribution in [2.24, 2.45) is 5.11 Å². The fourth-order valence-corrected chi connectivity index (χ4v) is 5.41. The average Bonchev–Trinajstić information content (AvgIpc) is 3.18. The molecule has 3 aliphatic rings. The van der Waals surface area contributed by atoms with Crippen LogP contribution in [0.5, 0.6) is 5.88 Å². The number of methoxy groups -OCH3 is 1. The van der Waals surface area contributed by atoms with E-state index in [0.29, 0.717) is 37.4 Å². The third-order valence-electron chi connectivity index (χ3n) is 7.63. The van der Waals surface area contributed by atoms with Gasteiger partial charge in [-0.1, -0.05) is 6.07 Å². The molecule has 1 aliphatic carbocycles. The first-order chi connectivity index (χ1) is 18.7. The molecule has 2 saturated heterocycles. The van der Waals surface area contributed by atoms with Gasteiger partial charge in [0.25, 0.3) is 5.92 Å². The normalized spacial score (nSPS) is 23.7. The van der Waals surface area contributed by atoms with E-state index in [4.69, 9.17) is 15.0 Å². The quantitative estimate of drug-likeness (QED) is 0.278. The Hall–Kier alpha value is -3.52. The number of rotatable bonds is 8. The number of alkyl halides is 3. The van der Waals surface area contributed by atoms with Crippen molar-refractivity contribution in [2.45, 2.75) is 49.5 Å². The van der Waals surface area contributed by atoms with Gasteiger partial charge in [0.15, 0.2) is 5.82 Å². The van der Waals surface area contributed by atoms with Crippen molar-refractivity contribution >= 4 is 22.8 Å². The fraction of sp³-hybridized carbons (Fsp3) is 0.520. The lowest BCUT2D eigenvalue weighted by atomic mass is 9.88. The monoisotopic (exact) mass is 548 g/mol. The summed E-state index contributed by atoms with van der Waals surface area (Å²) in [5.41, 5.74) is 8.79. The van der Waals surface area contributed by atoms with E-state index in [1.807, 2.05) is 0 Å². The molecule has 0 radical (unpaired) electrons. The van der Waals surface area contributed by atoms with Crippen molar-refractivity contribution in [2.75, 3.05) is 44.0 Å². The second-order valence-corrected chi connectivity index (χ2v) is 10.3. The Morgan fingerprint density at radius 2 is 2.03 bits per heavy atom. The Morgan fingerprint density at radius 3 is 2.67 bits per heavy atom. The number of anilines is 2. The number of likely N-dealkylation sites (tertiary alicyclic amines) is 1.